The zero-order valence-electron chi connectivity index (χ0n) is 10.0. The predicted molar refractivity (Wildman–Crippen MR) is 65.1 cm³/mol. The fourth-order valence-corrected chi connectivity index (χ4v) is 2.18. The average molecular weight is 240 g/mol. The molecule has 1 fully saturated rings. The predicted octanol–water partition coefficient (Wildman–Crippen LogP) is 2.72. The topological polar surface area (TPSA) is 15.3 Å². The maximum absolute atomic E-state index is 13.4. The number of para-hydroxylation sites is 1. The molecule has 94 valence electrons. The van der Waals surface area contributed by atoms with Crippen LogP contribution >= 0.6 is 0 Å². The van der Waals surface area contributed by atoms with Crippen molar-refractivity contribution in [3.63, 3.8) is 0 Å². The zero-order chi connectivity index (χ0) is 12.3. The highest BCUT2D eigenvalue weighted by Crippen LogP contribution is 2.21. The van der Waals surface area contributed by atoms with Crippen molar-refractivity contribution < 1.29 is 8.78 Å². The van der Waals surface area contributed by atoms with E-state index in [9.17, 15) is 8.78 Å². The molecule has 0 radical (unpaired) electrons. The standard InChI is InChI=1S/C13H18F2N2/c1-17-7-5-10(6-8-17)9-16-13-11(14)3-2-4-12(13)15/h2-4,10,16H,5-9H2,1H3. The fourth-order valence-electron chi connectivity index (χ4n) is 2.18. The molecule has 0 bridgehead atoms. The molecule has 2 nitrogen and oxygen atoms in total. The van der Waals surface area contributed by atoms with Crippen LogP contribution in [0.4, 0.5) is 14.5 Å². The van der Waals surface area contributed by atoms with Crippen LogP contribution in [0.15, 0.2) is 18.2 Å². The third-order valence-electron chi connectivity index (χ3n) is 3.37. The van der Waals surface area contributed by atoms with Crippen LogP contribution < -0.4 is 5.32 Å². The van der Waals surface area contributed by atoms with Crippen LogP contribution in [0, 0.1) is 17.6 Å². The van der Waals surface area contributed by atoms with Gasteiger partial charge in [-0.15, -0.1) is 0 Å². The molecule has 0 amide bonds. The molecule has 1 heterocycles. The molecule has 0 aliphatic carbocycles. The van der Waals surface area contributed by atoms with Crippen LogP contribution in [-0.2, 0) is 0 Å². The Balaban J connectivity index is 1.89. The lowest BCUT2D eigenvalue weighted by Gasteiger charge is -2.29. The number of benzene rings is 1. The monoisotopic (exact) mass is 240 g/mol. The molecule has 0 atom stereocenters. The summed E-state index contributed by atoms with van der Waals surface area (Å²) >= 11 is 0. The van der Waals surface area contributed by atoms with Gasteiger partial charge in [0, 0.05) is 6.54 Å². The molecule has 4 heteroatoms. The van der Waals surface area contributed by atoms with Gasteiger partial charge >= 0.3 is 0 Å². The molecular weight excluding hydrogens is 222 g/mol. The van der Waals surface area contributed by atoms with Crippen molar-refractivity contribution >= 4 is 5.69 Å². The highest BCUT2D eigenvalue weighted by Gasteiger charge is 2.17. The first-order chi connectivity index (χ1) is 8.16. The quantitative estimate of drug-likeness (QED) is 0.874. The minimum absolute atomic E-state index is 0.00595. The van der Waals surface area contributed by atoms with Crippen molar-refractivity contribution in [2.45, 2.75) is 12.8 Å². The Hall–Kier alpha value is -1.16. The van der Waals surface area contributed by atoms with E-state index < -0.39 is 11.6 Å². The van der Waals surface area contributed by atoms with Crippen molar-refractivity contribution in [1.29, 1.82) is 0 Å². The molecule has 0 aromatic heterocycles. The molecule has 1 aromatic rings. The Kier molecular flexibility index (Phi) is 3.94. The number of nitrogens with one attached hydrogen (secondary N) is 1. The van der Waals surface area contributed by atoms with Gasteiger partial charge in [0.1, 0.15) is 17.3 Å². The SMILES string of the molecule is CN1CCC(CNc2c(F)cccc2F)CC1. The Labute approximate surface area is 101 Å². The summed E-state index contributed by atoms with van der Waals surface area (Å²) in [7, 11) is 2.10. The van der Waals surface area contributed by atoms with Crippen LogP contribution in [-0.4, -0.2) is 31.6 Å². The number of hydrogen-bond acceptors (Lipinski definition) is 2. The third kappa shape index (κ3) is 3.16. The van der Waals surface area contributed by atoms with Crippen molar-refractivity contribution in [3.8, 4) is 0 Å². The van der Waals surface area contributed by atoms with E-state index in [0.29, 0.717) is 12.5 Å². The fraction of sp³-hybridized carbons (Fsp3) is 0.538. The van der Waals surface area contributed by atoms with E-state index in [2.05, 4.69) is 17.3 Å². The highest BCUT2D eigenvalue weighted by molar-refractivity contribution is 5.45. The second-order valence-corrected chi connectivity index (χ2v) is 4.72. The number of halogens is 2. The Morgan fingerprint density at radius 1 is 1.24 bits per heavy atom. The van der Waals surface area contributed by atoms with Gasteiger partial charge in [-0.1, -0.05) is 6.07 Å². The van der Waals surface area contributed by atoms with E-state index in [1.807, 2.05) is 0 Å². The maximum Gasteiger partial charge on any atom is 0.149 e. The summed E-state index contributed by atoms with van der Waals surface area (Å²) in [4.78, 5) is 2.28. The summed E-state index contributed by atoms with van der Waals surface area (Å²) < 4.78 is 26.7. The summed E-state index contributed by atoms with van der Waals surface area (Å²) in [6, 6.07) is 3.94. The van der Waals surface area contributed by atoms with Crippen molar-refractivity contribution in [2.24, 2.45) is 5.92 Å². The summed E-state index contributed by atoms with van der Waals surface area (Å²) in [6.07, 6.45) is 2.17. The first-order valence-corrected chi connectivity index (χ1v) is 6.03. The van der Waals surface area contributed by atoms with Crippen molar-refractivity contribution in [2.75, 3.05) is 32.0 Å². The lowest BCUT2D eigenvalue weighted by molar-refractivity contribution is 0.226. The number of anilines is 1. The normalized spacial score (nSPS) is 18.3. The average Bonchev–Trinajstić information content (AvgIpc) is 2.31. The number of likely N-dealkylation sites (tertiary alicyclic amines) is 1. The van der Waals surface area contributed by atoms with Gasteiger partial charge in [0.2, 0.25) is 0 Å². The molecule has 1 aliphatic rings. The van der Waals surface area contributed by atoms with Gasteiger partial charge in [0.25, 0.3) is 0 Å². The van der Waals surface area contributed by atoms with Gasteiger partial charge in [-0.3, -0.25) is 0 Å². The van der Waals surface area contributed by atoms with E-state index in [4.69, 9.17) is 0 Å². The zero-order valence-corrected chi connectivity index (χ0v) is 10.0. The summed E-state index contributed by atoms with van der Waals surface area (Å²) in [5.74, 6) is -0.527. The lowest BCUT2D eigenvalue weighted by atomic mass is 9.97. The molecule has 1 aliphatic heterocycles. The molecular formula is C13H18F2N2. The second kappa shape index (κ2) is 5.45. The smallest absolute Gasteiger partial charge is 0.149 e. The maximum atomic E-state index is 13.4. The Morgan fingerprint density at radius 3 is 2.41 bits per heavy atom. The summed E-state index contributed by atoms with van der Waals surface area (Å²) in [5, 5.41) is 2.90. The molecule has 0 unspecified atom stereocenters. The molecule has 0 spiro atoms. The first kappa shape index (κ1) is 12.3. The summed E-state index contributed by atoms with van der Waals surface area (Å²) in [6.45, 7) is 2.77. The number of rotatable bonds is 3. The van der Waals surface area contributed by atoms with Gasteiger partial charge in [-0.2, -0.15) is 0 Å². The van der Waals surface area contributed by atoms with Crippen LogP contribution in [0.1, 0.15) is 12.8 Å². The highest BCUT2D eigenvalue weighted by atomic mass is 19.1. The number of nitrogens with zero attached hydrogens (tertiary/aromatic N) is 1. The Bertz CT molecular complexity index is 353. The van der Waals surface area contributed by atoms with E-state index in [1.54, 1.807) is 0 Å². The minimum atomic E-state index is -0.516. The summed E-state index contributed by atoms with van der Waals surface area (Å²) in [5.41, 5.74) is 0.00595. The van der Waals surface area contributed by atoms with E-state index in [-0.39, 0.29) is 5.69 Å². The Morgan fingerprint density at radius 2 is 1.82 bits per heavy atom. The molecule has 1 N–H and O–H groups in total. The van der Waals surface area contributed by atoms with Crippen LogP contribution in [0.3, 0.4) is 0 Å². The van der Waals surface area contributed by atoms with Gasteiger partial charge in [-0.25, -0.2) is 8.78 Å². The van der Waals surface area contributed by atoms with Crippen LogP contribution in [0.5, 0.6) is 0 Å². The van der Waals surface area contributed by atoms with Gasteiger partial charge in [-0.05, 0) is 51.0 Å². The molecule has 1 saturated heterocycles. The van der Waals surface area contributed by atoms with E-state index >= 15 is 0 Å². The van der Waals surface area contributed by atoms with Crippen molar-refractivity contribution in [1.82, 2.24) is 4.90 Å². The van der Waals surface area contributed by atoms with E-state index in [0.717, 1.165) is 25.9 Å². The van der Waals surface area contributed by atoms with Crippen molar-refractivity contribution in [3.05, 3.63) is 29.8 Å². The number of hydrogen-bond donors (Lipinski definition) is 1. The lowest BCUT2D eigenvalue weighted by Crippen LogP contribution is -2.33. The minimum Gasteiger partial charge on any atom is -0.380 e. The van der Waals surface area contributed by atoms with E-state index in [1.165, 1.54) is 18.2 Å². The van der Waals surface area contributed by atoms with Gasteiger partial charge in [0.05, 0.1) is 0 Å². The number of piperidine rings is 1. The van der Waals surface area contributed by atoms with Gasteiger partial charge in [0.15, 0.2) is 0 Å². The molecule has 0 saturated carbocycles. The first-order valence-electron chi connectivity index (χ1n) is 6.03. The second-order valence-electron chi connectivity index (χ2n) is 4.72. The molecule has 2 rings (SSSR count). The molecule has 17 heavy (non-hydrogen) atoms. The van der Waals surface area contributed by atoms with Crippen LogP contribution in [0.2, 0.25) is 0 Å². The van der Waals surface area contributed by atoms with Gasteiger partial charge < -0.3 is 10.2 Å². The molecule has 1 aromatic carbocycles. The third-order valence-corrected chi connectivity index (χ3v) is 3.37. The largest absolute Gasteiger partial charge is 0.380 e. The van der Waals surface area contributed by atoms with Crippen LogP contribution in [0.25, 0.3) is 0 Å².